The fourth-order valence-electron chi connectivity index (χ4n) is 3.13. The first kappa shape index (κ1) is 14.6. The molecule has 0 saturated carbocycles. The molecular weight excluding hydrogens is 283 g/mol. The van der Waals surface area contributed by atoms with E-state index in [2.05, 4.69) is 96.9 Å². The van der Waals surface area contributed by atoms with Crippen LogP contribution in [-0.4, -0.2) is 6.16 Å². The molecule has 1 heteroatoms. The summed E-state index contributed by atoms with van der Waals surface area (Å²) >= 11 is 0. The molecule has 0 bridgehead atoms. The van der Waals surface area contributed by atoms with Gasteiger partial charge >= 0.3 is 133 Å². The minimum atomic E-state index is -2.16. The zero-order chi connectivity index (χ0) is 15.3. The molecular formula is C21H19P. The first-order valence-corrected chi connectivity index (χ1v) is 9.68. The quantitative estimate of drug-likeness (QED) is 0.512. The third-order valence-electron chi connectivity index (χ3n) is 4.17. The van der Waals surface area contributed by atoms with Crippen LogP contribution in [0.15, 0.2) is 91.0 Å². The van der Waals surface area contributed by atoms with Crippen molar-refractivity contribution < 1.29 is 0 Å². The van der Waals surface area contributed by atoms with E-state index >= 15 is 0 Å². The standard InChI is InChI=1S/C21H19P/c1-2-18-22(19-12-6-3-7-13-19,20-14-8-4-9-15-20)21-16-10-5-11-17-21/h1,3-17,22H,18H2. The van der Waals surface area contributed by atoms with Crippen molar-refractivity contribution in [3.8, 4) is 12.3 Å². The maximum absolute atomic E-state index is 5.81. The summed E-state index contributed by atoms with van der Waals surface area (Å²) in [7, 11) is -2.16. The molecule has 3 rings (SSSR count). The molecule has 0 fully saturated rings. The third kappa shape index (κ3) is 2.57. The van der Waals surface area contributed by atoms with Crippen molar-refractivity contribution >= 4 is 23.2 Å². The van der Waals surface area contributed by atoms with E-state index in [0.29, 0.717) is 0 Å². The SMILES string of the molecule is C#CC[PH](c1ccccc1)(c1ccccc1)c1ccccc1. The average molecular weight is 302 g/mol. The Labute approximate surface area is 133 Å². The van der Waals surface area contributed by atoms with Crippen molar-refractivity contribution in [1.82, 2.24) is 0 Å². The molecule has 0 unspecified atom stereocenters. The summed E-state index contributed by atoms with van der Waals surface area (Å²) in [5.74, 6) is 2.97. The van der Waals surface area contributed by atoms with E-state index in [-0.39, 0.29) is 0 Å². The predicted molar refractivity (Wildman–Crippen MR) is 100 cm³/mol. The Balaban J connectivity index is 2.32. The second kappa shape index (κ2) is 6.61. The first-order valence-electron chi connectivity index (χ1n) is 7.48. The molecule has 0 nitrogen and oxygen atoms in total. The van der Waals surface area contributed by atoms with Crippen molar-refractivity contribution in [2.45, 2.75) is 0 Å². The van der Waals surface area contributed by atoms with Crippen molar-refractivity contribution in [2.24, 2.45) is 0 Å². The van der Waals surface area contributed by atoms with Crippen LogP contribution < -0.4 is 15.9 Å². The molecule has 3 aromatic carbocycles. The molecule has 0 spiro atoms. The van der Waals surface area contributed by atoms with Crippen LogP contribution in [0.2, 0.25) is 0 Å². The van der Waals surface area contributed by atoms with E-state index in [1.54, 1.807) is 0 Å². The fourth-order valence-corrected chi connectivity index (χ4v) is 7.33. The molecule has 0 N–H and O–H groups in total. The van der Waals surface area contributed by atoms with E-state index in [1.807, 2.05) is 0 Å². The second-order valence-corrected chi connectivity index (χ2v) is 9.28. The van der Waals surface area contributed by atoms with E-state index in [0.717, 1.165) is 6.16 Å². The Kier molecular flexibility index (Phi) is 4.38. The van der Waals surface area contributed by atoms with Crippen LogP contribution in [0.1, 0.15) is 0 Å². The topological polar surface area (TPSA) is 0 Å². The van der Waals surface area contributed by atoms with E-state index in [4.69, 9.17) is 6.42 Å². The van der Waals surface area contributed by atoms with Crippen LogP contribution in [-0.2, 0) is 0 Å². The Hall–Kier alpha value is -2.35. The Morgan fingerprint density at radius 2 is 0.909 bits per heavy atom. The van der Waals surface area contributed by atoms with Gasteiger partial charge in [-0.05, 0) is 0 Å². The van der Waals surface area contributed by atoms with Crippen molar-refractivity contribution in [3.05, 3.63) is 91.0 Å². The number of rotatable bonds is 4. The van der Waals surface area contributed by atoms with Gasteiger partial charge < -0.3 is 0 Å². The van der Waals surface area contributed by atoms with Gasteiger partial charge in [0.2, 0.25) is 0 Å². The predicted octanol–water partition coefficient (Wildman–Crippen LogP) is 3.35. The molecule has 22 heavy (non-hydrogen) atoms. The number of benzene rings is 3. The van der Waals surface area contributed by atoms with Gasteiger partial charge in [0.05, 0.1) is 0 Å². The van der Waals surface area contributed by atoms with Gasteiger partial charge in [-0.3, -0.25) is 0 Å². The van der Waals surface area contributed by atoms with Crippen molar-refractivity contribution in [3.63, 3.8) is 0 Å². The van der Waals surface area contributed by atoms with E-state index in [9.17, 15) is 0 Å². The molecule has 108 valence electrons. The molecule has 0 aromatic heterocycles. The Morgan fingerprint density at radius 3 is 1.18 bits per heavy atom. The van der Waals surface area contributed by atoms with Gasteiger partial charge in [-0.15, -0.1) is 0 Å². The normalized spacial score (nSPS) is 11.6. The first-order chi connectivity index (χ1) is 10.9. The van der Waals surface area contributed by atoms with Gasteiger partial charge in [0.25, 0.3) is 0 Å². The number of hydrogen-bond acceptors (Lipinski definition) is 0. The summed E-state index contributed by atoms with van der Waals surface area (Å²) in [6.07, 6.45) is 6.58. The molecule has 0 atom stereocenters. The van der Waals surface area contributed by atoms with Crippen LogP contribution >= 0.6 is 7.26 Å². The van der Waals surface area contributed by atoms with Crippen LogP contribution in [0, 0.1) is 12.3 Å². The molecule has 0 radical (unpaired) electrons. The molecule has 0 saturated heterocycles. The minimum absolute atomic E-state index is 0.769. The van der Waals surface area contributed by atoms with Gasteiger partial charge in [0.1, 0.15) is 0 Å². The summed E-state index contributed by atoms with van der Waals surface area (Å²) in [4.78, 5) is 0. The monoisotopic (exact) mass is 302 g/mol. The summed E-state index contributed by atoms with van der Waals surface area (Å²) < 4.78 is 0. The van der Waals surface area contributed by atoms with Crippen molar-refractivity contribution in [1.29, 1.82) is 0 Å². The molecule has 0 aliphatic rings. The van der Waals surface area contributed by atoms with E-state index < -0.39 is 7.26 Å². The van der Waals surface area contributed by atoms with E-state index in [1.165, 1.54) is 15.9 Å². The maximum atomic E-state index is 5.81. The third-order valence-corrected chi connectivity index (χ3v) is 8.86. The molecule has 3 aromatic rings. The zero-order valence-electron chi connectivity index (χ0n) is 12.4. The molecule has 0 amide bonds. The Morgan fingerprint density at radius 1 is 0.591 bits per heavy atom. The average Bonchev–Trinajstić information content (AvgIpc) is 2.62. The van der Waals surface area contributed by atoms with Crippen LogP contribution in [0.25, 0.3) is 0 Å². The van der Waals surface area contributed by atoms with Gasteiger partial charge in [-0.2, -0.15) is 0 Å². The molecule has 0 aliphatic carbocycles. The number of terminal acetylenes is 1. The molecule has 0 aliphatic heterocycles. The Bertz CT molecular complexity index is 659. The van der Waals surface area contributed by atoms with Gasteiger partial charge in [0, 0.05) is 0 Å². The van der Waals surface area contributed by atoms with Crippen LogP contribution in [0.4, 0.5) is 0 Å². The second-order valence-electron chi connectivity index (χ2n) is 5.38. The zero-order valence-corrected chi connectivity index (χ0v) is 13.4. The van der Waals surface area contributed by atoms with Gasteiger partial charge in [-0.25, -0.2) is 0 Å². The number of hydrogen-bond donors (Lipinski definition) is 0. The summed E-state index contributed by atoms with van der Waals surface area (Å²) in [5, 5.41) is 4.10. The summed E-state index contributed by atoms with van der Waals surface area (Å²) in [6, 6.07) is 32.2. The van der Waals surface area contributed by atoms with Crippen LogP contribution in [0.3, 0.4) is 0 Å². The summed E-state index contributed by atoms with van der Waals surface area (Å²) in [6.45, 7) is 0. The summed E-state index contributed by atoms with van der Waals surface area (Å²) in [5.41, 5.74) is 0. The van der Waals surface area contributed by atoms with Gasteiger partial charge in [-0.1, -0.05) is 0 Å². The van der Waals surface area contributed by atoms with Gasteiger partial charge in [0.15, 0.2) is 0 Å². The van der Waals surface area contributed by atoms with Crippen molar-refractivity contribution in [2.75, 3.05) is 6.16 Å². The fraction of sp³-hybridized carbons (Fsp3) is 0.0476. The van der Waals surface area contributed by atoms with Crippen LogP contribution in [0.5, 0.6) is 0 Å². The molecule has 0 heterocycles.